The van der Waals surface area contributed by atoms with Crippen LogP contribution in [0.4, 0.5) is 34.1 Å². The van der Waals surface area contributed by atoms with E-state index < -0.39 is 0 Å². The molecule has 0 aliphatic carbocycles. The van der Waals surface area contributed by atoms with Crippen LogP contribution in [0.5, 0.6) is 0 Å². The van der Waals surface area contributed by atoms with Gasteiger partial charge in [-0.3, -0.25) is 0 Å². The minimum atomic E-state index is 0.749. The maximum atomic E-state index is 7.35. The van der Waals surface area contributed by atoms with Crippen molar-refractivity contribution < 1.29 is 13.3 Å². The van der Waals surface area contributed by atoms with E-state index in [2.05, 4.69) is 254 Å². The summed E-state index contributed by atoms with van der Waals surface area (Å²) in [6.07, 6.45) is 0. The topological polar surface area (TPSA) is 45.9 Å². The molecule has 0 radical (unpaired) electrons. The van der Waals surface area contributed by atoms with Crippen molar-refractivity contribution in [3.05, 3.63) is 242 Å². The maximum Gasteiger partial charge on any atom is 0.162 e. The van der Waals surface area contributed by atoms with Gasteiger partial charge in [0.1, 0.15) is 16.7 Å². The molecule has 0 saturated heterocycles. The predicted molar refractivity (Wildman–Crippen MR) is 295 cm³/mol. The molecule has 14 aromatic rings. The summed E-state index contributed by atoms with van der Waals surface area (Å²) in [6.45, 7) is 4.27. The molecule has 5 heteroatoms. The molecule has 0 aliphatic heterocycles. The monoisotopic (exact) mass is 912 g/mol. The van der Waals surface area contributed by atoms with Gasteiger partial charge < -0.3 is 23.1 Å². The van der Waals surface area contributed by atoms with Crippen molar-refractivity contribution in [1.29, 1.82) is 0 Å². The van der Waals surface area contributed by atoms with E-state index in [1.165, 1.54) is 11.1 Å². The van der Waals surface area contributed by atoms with Crippen molar-refractivity contribution in [2.45, 2.75) is 13.8 Å². The number of nitrogens with zero attached hydrogens (tertiary/aromatic N) is 2. The van der Waals surface area contributed by atoms with E-state index in [4.69, 9.17) is 13.3 Å². The van der Waals surface area contributed by atoms with Gasteiger partial charge in [0, 0.05) is 60.2 Å². The smallest absolute Gasteiger partial charge is 0.162 e. The molecule has 5 nitrogen and oxygen atoms in total. The third-order valence-electron chi connectivity index (χ3n) is 14.2. The van der Waals surface area contributed by atoms with Crippen LogP contribution >= 0.6 is 0 Å². The summed E-state index contributed by atoms with van der Waals surface area (Å²) in [6, 6.07) is 81.7. The number of aryl methyl sites for hydroxylation is 2. The zero-order valence-electron chi connectivity index (χ0n) is 39.1. The molecule has 0 atom stereocenters. The molecular formula is C66H44N2O3. The lowest BCUT2D eigenvalue weighted by Crippen LogP contribution is -2.14. The third-order valence-corrected chi connectivity index (χ3v) is 14.2. The fourth-order valence-corrected chi connectivity index (χ4v) is 10.9. The van der Waals surface area contributed by atoms with Crippen LogP contribution in [0.15, 0.2) is 244 Å². The van der Waals surface area contributed by atoms with Gasteiger partial charge in [-0.15, -0.1) is 0 Å². The summed E-state index contributed by atoms with van der Waals surface area (Å²) >= 11 is 0. The fourth-order valence-electron chi connectivity index (χ4n) is 10.9. The van der Waals surface area contributed by atoms with Gasteiger partial charge in [0.25, 0.3) is 0 Å². The Hall–Kier alpha value is -9.32. The SMILES string of the molecule is Cc1ccc(N(c2cccc3c2oc2c(-c4ccccc4)cccc23)c2c3ccccc3c(N(c3ccc(C)cc3)c3cccc4c3oc3c(-c5ccccc5)cccc34)c3c2oc2ccccc23)cc1. The Balaban J connectivity index is 1.10. The van der Waals surface area contributed by atoms with E-state index in [1.54, 1.807) is 0 Å². The van der Waals surface area contributed by atoms with E-state index in [9.17, 15) is 0 Å². The number of furan rings is 3. The lowest BCUT2D eigenvalue weighted by molar-refractivity contribution is 0.667. The molecule has 0 bridgehead atoms. The Morgan fingerprint density at radius 2 is 0.676 bits per heavy atom. The summed E-state index contributed by atoms with van der Waals surface area (Å²) in [5.41, 5.74) is 17.2. The first-order chi connectivity index (χ1) is 35.1. The number of hydrogen-bond acceptors (Lipinski definition) is 5. The van der Waals surface area contributed by atoms with Crippen LogP contribution in [0.1, 0.15) is 11.1 Å². The van der Waals surface area contributed by atoms with Crippen LogP contribution in [0, 0.1) is 13.8 Å². The van der Waals surface area contributed by atoms with Crippen LogP contribution < -0.4 is 9.80 Å². The van der Waals surface area contributed by atoms with Crippen molar-refractivity contribution in [2.75, 3.05) is 9.80 Å². The maximum absolute atomic E-state index is 7.35. The minimum absolute atomic E-state index is 0.749. The molecule has 0 aliphatic rings. The summed E-state index contributed by atoms with van der Waals surface area (Å²) in [7, 11) is 0. The standard InChI is InChI=1S/C66H44N2O3/c1-41-33-37-45(38-34-41)67(56-30-15-28-53-51-26-13-24-47(62(51)70-64(53)56)43-17-5-3-6-18-43)60-49-21-9-10-22-50(49)61(66-59(60)55-23-11-12-32-58(55)69-66)68(46-39-35-42(2)36-40-46)57-31-16-29-54-52-27-14-25-48(63(52)71-65(54)57)44-19-7-4-8-20-44/h3-40H,1-2H3. The zero-order chi connectivity index (χ0) is 47.2. The van der Waals surface area contributed by atoms with Crippen molar-refractivity contribution in [1.82, 2.24) is 0 Å². The highest BCUT2D eigenvalue weighted by Crippen LogP contribution is 2.56. The molecule has 0 unspecified atom stereocenters. The van der Waals surface area contributed by atoms with Crippen molar-refractivity contribution in [2.24, 2.45) is 0 Å². The van der Waals surface area contributed by atoms with Crippen LogP contribution in [0.25, 0.3) is 98.8 Å². The summed E-state index contributed by atoms with van der Waals surface area (Å²) < 4.78 is 21.8. The predicted octanol–water partition coefficient (Wildman–Crippen LogP) is 19.4. The molecular weight excluding hydrogens is 869 g/mol. The number of fused-ring (bicyclic) bond motifs is 10. The molecule has 71 heavy (non-hydrogen) atoms. The van der Waals surface area contributed by atoms with Crippen LogP contribution in [0.3, 0.4) is 0 Å². The third kappa shape index (κ3) is 6.40. The van der Waals surface area contributed by atoms with Crippen molar-refractivity contribution in [3.63, 3.8) is 0 Å². The quantitative estimate of drug-likeness (QED) is 0.142. The van der Waals surface area contributed by atoms with Gasteiger partial charge in [0.2, 0.25) is 0 Å². The van der Waals surface area contributed by atoms with Gasteiger partial charge in [-0.1, -0.05) is 199 Å². The first-order valence-corrected chi connectivity index (χ1v) is 24.2. The second-order valence-electron chi connectivity index (χ2n) is 18.5. The van der Waals surface area contributed by atoms with Gasteiger partial charge in [-0.05, 0) is 67.4 Å². The number of hydrogen-bond donors (Lipinski definition) is 0. The lowest BCUT2D eigenvalue weighted by Gasteiger charge is -2.31. The lowest BCUT2D eigenvalue weighted by atomic mass is 9.97. The zero-order valence-corrected chi connectivity index (χ0v) is 39.1. The number of rotatable bonds is 8. The molecule has 0 spiro atoms. The van der Waals surface area contributed by atoms with Gasteiger partial charge in [0.05, 0.1) is 28.1 Å². The Labute approximate surface area is 409 Å². The number of para-hydroxylation sites is 5. The van der Waals surface area contributed by atoms with Gasteiger partial charge in [-0.2, -0.15) is 0 Å². The second kappa shape index (κ2) is 16.2. The second-order valence-corrected chi connectivity index (χ2v) is 18.5. The molecule has 0 saturated carbocycles. The average molecular weight is 913 g/mol. The molecule has 336 valence electrons. The van der Waals surface area contributed by atoms with Crippen LogP contribution in [-0.2, 0) is 0 Å². The van der Waals surface area contributed by atoms with E-state index in [0.29, 0.717) is 0 Å². The van der Waals surface area contributed by atoms with Crippen LogP contribution in [0.2, 0.25) is 0 Å². The first-order valence-electron chi connectivity index (χ1n) is 24.2. The van der Waals surface area contributed by atoms with E-state index in [0.717, 1.165) is 133 Å². The average Bonchev–Trinajstić information content (AvgIpc) is 4.13. The van der Waals surface area contributed by atoms with Crippen molar-refractivity contribution >= 4 is 111 Å². The largest absolute Gasteiger partial charge is 0.454 e. The summed E-state index contributed by atoms with van der Waals surface area (Å²) in [5, 5.41) is 8.24. The van der Waals surface area contributed by atoms with E-state index in [1.807, 2.05) is 0 Å². The highest BCUT2D eigenvalue weighted by Gasteiger charge is 2.32. The molecule has 0 N–H and O–H groups in total. The minimum Gasteiger partial charge on any atom is -0.454 e. The Morgan fingerprint density at radius 1 is 0.282 bits per heavy atom. The van der Waals surface area contributed by atoms with Gasteiger partial charge in [-0.25, -0.2) is 0 Å². The highest BCUT2D eigenvalue weighted by atomic mass is 16.3. The highest BCUT2D eigenvalue weighted by molar-refractivity contribution is 6.29. The Kier molecular flexibility index (Phi) is 9.26. The van der Waals surface area contributed by atoms with E-state index >= 15 is 0 Å². The molecule has 3 aromatic heterocycles. The molecule has 0 fully saturated rings. The van der Waals surface area contributed by atoms with E-state index in [-0.39, 0.29) is 0 Å². The summed E-state index contributed by atoms with van der Waals surface area (Å²) in [5.74, 6) is 0. The Morgan fingerprint density at radius 3 is 1.18 bits per heavy atom. The van der Waals surface area contributed by atoms with Gasteiger partial charge in [0.15, 0.2) is 16.7 Å². The van der Waals surface area contributed by atoms with Gasteiger partial charge >= 0.3 is 0 Å². The summed E-state index contributed by atoms with van der Waals surface area (Å²) in [4.78, 5) is 4.74. The molecule has 0 amide bonds. The normalized spacial score (nSPS) is 11.8. The van der Waals surface area contributed by atoms with Crippen LogP contribution in [-0.4, -0.2) is 0 Å². The van der Waals surface area contributed by atoms with Crippen molar-refractivity contribution in [3.8, 4) is 22.3 Å². The fraction of sp³-hybridized carbons (Fsp3) is 0.0303. The first kappa shape index (κ1) is 40.7. The Bertz CT molecular complexity index is 4360. The molecule has 11 aromatic carbocycles. The number of benzene rings is 11. The molecule has 3 heterocycles. The molecule has 14 rings (SSSR count). The number of anilines is 6.